The summed E-state index contributed by atoms with van der Waals surface area (Å²) in [5, 5.41) is 16.1. The van der Waals surface area contributed by atoms with Crippen LogP contribution in [-0.4, -0.2) is 59.9 Å². The molecule has 2 unspecified atom stereocenters. The standard InChI is InChI=1S/C15H27N5O6/c1-8(2)5-10(19-13(23)7-18-12(22)6-16)14(24)20-9(15(25)26)3-4-11(17)21/h8-10H,3-7,16H2,1-2H3,(H2,17,21)(H,18,22)(H,19,23)(H,20,24)(H,25,26). The molecule has 0 spiro atoms. The largest absolute Gasteiger partial charge is 0.480 e. The number of nitrogens with one attached hydrogen (secondary N) is 3. The average molecular weight is 373 g/mol. The van der Waals surface area contributed by atoms with Crippen LogP contribution in [0.3, 0.4) is 0 Å². The molecule has 4 amide bonds. The summed E-state index contributed by atoms with van der Waals surface area (Å²) in [5.41, 5.74) is 10.1. The molecule has 0 fully saturated rings. The maximum atomic E-state index is 12.4. The van der Waals surface area contributed by atoms with E-state index in [0.29, 0.717) is 0 Å². The van der Waals surface area contributed by atoms with E-state index in [2.05, 4.69) is 16.0 Å². The molecule has 0 aromatic rings. The molecule has 0 aliphatic rings. The second-order valence-electron chi connectivity index (χ2n) is 6.13. The zero-order chi connectivity index (χ0) is 20.3. The number of carbonyl (C=O) groups is 5. The van der Waals surface area contributed by atoms with Gasteiger partial charge in [-0.1, -0.05) is 13.8 Å². The van der Waals surface area contributed by atoms with Gasteiger partial charge in [0.25, 0.3) is 0 Å². The molecule has 0 saturated heterocycles. The molecule has 148 valence electrons. The van der Waals surface area contributed by atoms with E-state index in [1.807, 2.05) is 13.8 Å². The second kappa shape index (κ2) is 11.8. The maximum absolute atomic E-state index is 12.4. The molecule has 0 aromatic carbocycles. The first kappa shape index (κ1) is 23.3. The number of hydrogen-bond donors (Lipinski definition) is 6. The molecule has 2 atom stereocenters. The van der Waals surface area contributed by atoms with Crippen LogP contribution in [0.25, 0.3) is 0 Å². The molecule has 0 aromatic heterocycles. The highest BCUT2D eigenvalue weighted by molar-refractivity contribution is 5.92. The molecule has 0 heterocycles. The Hall–Kier alpha value is -2.69. The van der Waals surface area contributed by atoms with Crippen LogP contribution in [0.4, 0.5) is 0 Å². The van der Waals surface area contributed by atoms with E-state index in [9.17, 15) is 24.0 Å². The van der Waals surface area contributed by atoms with Gasteiger partial charge in [-0.15, -0.1) is 0 Å². The third-order valence-electron chi connectivity index (χ3n) is 3.28. The molecule has 0 aliphatic carbocycles. The monoisotopic (exact) mass is 373 g/mol. The topological polar surface area (TPSA) is 194 Å². The lowest BCUT2D eigenvalue weighted by molar-refractivity contribution is -0.142. The Labute approximate surface area is 151 Å². The summed E-state index contributed by atoms with van der Waals surface area (Å²) < 4.78 is 0. The fourth-order valence-corrected chi connectivity index (χ4v) is 2.02. The SMILES string of the molecule is CC(C)CC(NC(=O)CNC(=O)CN)C(=O)NC(CCC(N)=O)C(=O)O. The van der Waals surface area contributed by atoms with Crippen LogP contribution < -0.4 is 27.4 Å². The lowest BCUT2D eigenvalue weighted by Gasteiger charge is -2.22. The minimum atomic E-state index is -1.32. The normalized spacial score (nSPS) is 12.8. The van der Waals surface area contributed by atoms with E-state index in [-0.39, 0.29) is 38.3 Å². The zero-order valence-electron chi connectivity index (χ0n) is 14.9. The predicted octanol–water partition coefficient (Wildman–Crippen LogP) is -2.57. The third-order valence-corrected chi connectivity index (χ3v) is 3.28. The Morgan fingerprint density at radius 1 is 1.00 bits per heavy atom. The van der Waals surface area contributed by atoms with Gasteiger partial charge in [0, 0.05) is 6.42 Å². The molecule has 11 heteroatoms. The highest BCUT2D eigenvalue weighted by atomic mass is 16.4. The van der Waals surface area contributed by atoms with Crippen molar-refractivity contribution < 1.29 is 29.1 Å². The second-order valence-corrected chi connectivity index (χ2v) is 6.13. The molecule has 11 nitrogen and oxygen atoms in total. The molecular weight excluding hydrogens is 346 g/mol. The number of rotatable bonds is 12. The number of carboxylic acid groups (broad SMARTS) is 1. The van der Waals surface area contributed by atoms with Gasteiger partial charge in [0.2, 0.25) is 23.6 Å². The van der Waals surface area contributed by atoms with E-state index < -0.39 is 41.7 Å². The van der Waals surface area contributed by atoms with Crippen molar-refractivity contribution in [1.29, 1.82) is 0 Å². The van der Waals surface area contributed by atoms with Gasteiger partial charge in [-0.05, 0) is 18.8 Å². The minimum absolute atomic E-state index is 0.0265. The molecule has 0 saturated carbocycles. The highest BCUT2D eigenvalue weighted by Crippen LogP contribution is 2.06. The predicted molar refractivity (Wildman–Crippen MR) is 91.4 cm³/mol. The van der Waals surface area contributed by atoms with E-state index in [1.165, 1.54) is 0 Å². The van der Waals surface area contributed by atoms with Crippen molar-refractivity contribution in [3.8, 4) is 0 Å². The van der Waals surface area contributed by atoms with Crippen LogP contribution in [0.1, 0.15) is 33.1 Å². The maximum Gasteiger partial charge on any atom is 0.326 e. The Morgan fingerprint density at radius 3 is 2.08 bits per heavy atom. The fourth-order valence-electron chi connectivity index (χ4n) is 2.02. The lowest BCUT2D eigenvalue weighted by atomic mass is 10.0. The molecule has 26 heavy (non-hydrogen) atoms. The van der Waals surface area contributed by atoms with Crippen molar-refractivity contribution in [2.75, 3.05) is 13.1 Å². The van der Waals surface area contributed by atoms with Crippen molar-refractivity contribution in [2.24, 2.45) is 17.4 Å². The first-order valence-electron chi connectivity index (χ1n) is 8.14. The lowest BCUT2D eigenvalue weighted by Crippen LogP contribution is -2.53. The van der Waals surface area contributed by atoms with Gasteiger partial charge in [0.05, 0.1) is 13.1 Å². The summed E-state index contributed by atoms with van der Waals surface area (Å²) in [7, 11) is 0. The van der Waals surface area contributed by atoms with Gasteiger partial charge in [-0.2, -0.15) is 0 Å². The third kappa shape index (κ3) is 10.2. The molecule has 0 radical (unpaired) electrons. The number of primary amides is 1. The van der Waals surface area contributed by atoms with Crippen LogP contribution in [0.15, 0.2) is 0 Å². The van der Waals surface area contributed by atoms with Gasteiger partial charge >= 0.3 is 5.97 Å². The number of hydrogen-bond acceptors (Lipinski definition) is 6. The summed E-state index contributed by atoms with van der Waals surface area (Å²) in [6.07, 6.45) is -0.112. The molecular formula is C15H27N5O6. The van der Waals surface area contributed by atoms with Gasteiger partial charge in [-0.25, -0.2) is 4.79 Å². The summed E-state index contributed by atoms with van der Waals surface area (Å²) in [4.78, 5) is 57.3. The fraction of sp³-hybridized carbons (Fsp3) is 0.667. The summed E-state index contributed by atoms with van der Waals surface area (Å²) in [6.45, 7) is 3.01. The molecule has 0 bridgehead atoms. The molecule has 0 rings (SSSR count). The van der Waals surface area contributed by atoms with Crippen LogP contribution in [0, 0.1) is 5.92 Å². The number of aliphatic carboxylic acids is 1. The van der Waals surface area contributed by atoms with E-state index in [1.54, 1.807) is 0 Å². The summed E-state index contributed by atoms with van der Waals surface area (Å²) in [5.74, 6) is -3.82. The van der Waals surface area contributed by atoms with Gasteiger partial charge in [0.15, 0.2) is 0 Å². The Bertz CT molecular complexity index is 537. The van der Waals surface area contributed by atoms with Crippen molar-refractivity contribution in [3.63, 3.8) is 0 Å². The smallest absolute Gasteiger partial charge is 0.326 e. The van der Waals surface area contributed by atoms with Crippen molar-refractivity contribution in [3.05, 3.63) is 0 Å². The average Bonchev–Trinajstić information content (AvgIpc) is 2.54. The minimum Gasteiger partial charge on any atom is -0.480 e. The van der Waals surface area contributed by atoms with Crippen molar-refractivity contribution in [2.45, 2.75) is 45.2 Å². The Kier molecular flexibility index (Phi) is 10.6. The summed E-state index contributed by atoms with van der Waals surface area (Å²) in [6, 6.07) is -2.30. The number of carboxylic acids is 1. The van der Waals surface area contributed by atoms with Crippen LogP contribution in [0.2, 0.25) is 0 Å². The first-order valence-corrected chi connectivity index (χ1v) is 8.14. The van der Waals surface area contributed by atoms with Crippen LogP contribution >= 0.6 is 0 Å². The van der Waals surface area contributed by atoms with Gasteiger partial charge < -0.3 is 32.5 Å². The van der Waals surface area contributed by atoms with Crippen LogP contribution in [-0.2, 0) is 24.0 Å². The number of amides is 4. The van der Waals surface area contributed by atoms with Crippen molar-refractivity contribution in [1.82, 2.24) is 16.0 Å². The first-order chi connectivity index (χ1) is 12.1. The quantitative estimate of drug-likeness (QED) is 0.216. The number of nitrogens with two attached hydrogens (primary N) is 2. The summed E-state index contributed by atoms with van der Waals surface area (Å²) >= 11 is 0. The van der Waals surface area contributed by atoms with Gasteiger partial charge in [0.1, 0.15) is 12.1 Å². The Balaban J connectivity index is 4.89. The van der Waals surface area contributed by atoms with E-state index in [0.717, 1.165) is 0 Å². The zero-order valence-corrected chi connectivity index (χ0v) is 14.9. The van der Waals surface area contributed by atoms with E-state index in [4.69, 9.17) is 16.6 Å². The van der Waals surface area contributed by atoms with Crippen molar-refractivity contribution >= 4 is 29.6 Å². The molecule has 0 aliphatic heterocycles. The van der Waals surface area contributed by atoms with E-state index >= 15 is 0 Å². The Morgan fingerprint density at radius 2 is 1.62 bits per heavy atom. The number of carbonyl (C=O) groups excluding carboxylic acids is 4. The highest BCUT2D eigenvalue weighted by Gasteiger charge is 2.27. The van der Waals surface area contributed by atoms with Crippen LogP contribution in [0.5, 0.6) is 0 Å². The van der Waals surface area contributed by atoms with Gasteiger partial charge in [-0.3, -0.25) is 19.2 Å². The molecule has 8 N–H and O–H groups in total.